The standard InChI is InChI=1S/C10H18N2O3/c1-4-5-6-11-9(13)8(7(2)3)12-10(14)15/h4,7-8,12H,1,5-6H2,2-3H3,(H,11,13)(H,14,15)/t8-/m0/s1. The van der Waals surface area contributed by atoms with Crippen LogP contribution in [0.5, 0.6) is 0 Å². The van der Waals surface area contributed by atoms with Crippen molar-refractivity contribution in [1.82, 2.24) is 10.6 Å². The van der Waals surface area contributed by atoms with Crippen LogP contribution in [0.15, 0.2) is 12.7 Å². The van der Waals surface area contributed by atoms with E-state index in [2.05, 4.69) is 17.2 Å². The van der Waals surface area contributed by atoms with Crippen LogP contribution in [0.3, 0.4) is 0 Å². The van der Waals surface area contributed by atoms with Crippen molar-refractivity contribution in [3.05, 3.63) is 12.7 Å². The van der Waals surface area contributed by atoms with Crippen molar-refractivity contribution in [3.63, 3.8) is 0 Å². The zero-order valence-electron chi connectivity index (χ0n) is 9.12. The summed E-state index contributed by atoms with van der Waals surface area (Å²) in [7, 11) is 0. The molecular weight excluding hydrogens is 196 g/mol. The van der Waals surface area contributed by atoms with E-state index in [9.17, 15) is 9.59 Å². The molecule has 0 aromatic carbocycles. The molecule has 0 aliphatic carbocycles. The molecule has 0 aliphatic heterocycles. The molecule has 3 N–H and O–H groups in total. The maximum Gasteiger partial charge on any atom is 0.405 e. The zero-order valence-corrected chi connectivity index (χ0v) is 9.12. The molecule has 0 saturated carbocycles. The molecule has 0 rings (SSSR count). The first-order valence-corrected chi connectivity index (χ1v) is 4.87. The Bertz CT molecular complexity index is 239. The van der Waals surface area contributed by atoms with Gasteiger partial charge in [-0.05, 0) is 12.3 Å². The van der Waals surface area contributed by atoms with E-state index in [-0.39, 0.29) is 11.8 Å². The summed E-state index contributed by atoms with van der Waals surface area (Å²) >= 11 is 0. The minimum absolute atomic E-state index is 0.0789. The van der Waals surface area contributed by atoms with Crippen LogP contribution in [-0.2, 0) is 4.79 Å². The summed E-state index contributed by atoms with van der Waals surface area (Å²) in [5.41, 5.74) is 0. The molecule has 86 valence electrons. The molecule has 5 heteroatoms. The second-order valence-corrected chi connectivity index (χ2v) is 3.54. The first-order chi connectivity index (χ1) is 6.99. The summed E-state index contributed by atoms with van der Waals surface area (Å²) in [6, 6.07) is -0.702. The van der Waals surface area contributed by atoms with Crippen LogP contribution in [0.25, 0.3) is 0 Å². The average molecular weight is 214 g/mol. The van der Waals surface area contributed by atoms with Crippen molar-refractivity contribution in [2.24, 2.45) is 5.92 Å². The predicted octanol–water partition coefficient (Wildman–Crippen LogP) is 0.971. The molecule has 5 nitrogen and oxygen atoms in total. The molecule has 0 bridgehead atoms. The monoisotopic (exact) mass is 214 g/mol. The van der Waals surface area contributed by atoms with Gasteiger partial charge in [-0.1, -0.05) is 19.9 Å². The molecule has 0 heterocycles. The normalized spacial score (nSPS) is 11.9. The molecule has 0 aliphatic rings. The third-order valence-corrected chi connectivity index (χ3v) is 1.88. The van der Waals surface area contributed by atoms with E-state index < -0.39 is 12.1 Å². The lowest BCUT2D eigenvalue weighted by Gasteiger charge is -2.19. The molecular formula is C10H18N2O3. The van der Waals surface area contributed by atoms with Crippen LogP contribution in [0, 0.1) is 5.92 Å². The third kappa shape index (κ3) is 5.72. The number of rotatable bonds is 6. The third-order valence-electron chi connectivity index (χ3n) is 1.88. The van der Waals surface area contributed by atoms with Gasteiger partial charge < -0.3 is 15.7 Å². The van der Waals surface area contributed by atoms with Gasteiger partial charge in [0.1, 0.15) is 6.04 Å². The first-order valence-electron chi connectivity index (χ1n) is 4.87. The van der Waals surface area contributed by atoms with Gasteiger partial charge in [0, 0.05) is 6.54 Å². The van der Waals surface area contributed by atoms with E-state index in [0.717, 1.165) is 0 Å². The summed E-state index contributed by atoms with van der Waals surface area (Å²) in [6.07, 6.45) is 1.17. The van der Waals surface area contributed by atoms with Crippen molar-refractivity contribution in [1.29, 1.82) is 0 Å². The van der Waals surface area contributed by atoms with Gasteiger partial charge in [-0.15, -0.1) is 6.58 Å². The molecule has 0 saturated heterocycles. The van der Waals surface area contributed by atoms with E-state index in [4.69, 9.17) is 5.11 Å². The van der Waals surface area contributed by atoms with Crippen LogP contribution < -0.4 is 10.6 Å². The molecule has 2 amide bonds. The van der Waals surface area contributed by atoms with Gasteiger partial charge in [0.25, 0.3) is 0 Å². The smallest absolute Gasteiger partial charge is 0.405 e. The molecule has 0 fully saturated rings. The Hall–Kier alpha value is -1.52. The Kier molecular flexibility index (Phi) is 6.17. The van der Waals surface area contributed by atoms with Gasteiger partial charge in [-0.25, -0.2) is 4.79 Å². The van der Waals surface area contributed by atoms with Crippen molar-refractivity contribution in [3.8, 4) is 0 Å². The van der Waals surface area contributed by atoms with Gasteiger partial charge >= 0.3 is 6.09 Å². The fourth-order valence-electron chi connectivity index (χ4n) is 1.08. The van der Waals surface area contributed by atoms with Gasteiger partial charge in [0.05, 0.1) is 0 Å². The van der Waals surface area contributed by atoms with E-state index in [0.29, 0.717) is 13.0 Å². The minimum atomic E-state index is -1.19. The van der Waals surface area contributed by atoms with Crippen LogP contribution >= 0.6 is 0 Å². The summed E-state index contributed by atoms with van der Waals surface area (Å²) < 4.78 is 0. The minimum Gasteiger partial charge on any atom is -0.465 e. The van der Waals surface area contributed by atoms with E-state index >= 15 is 0 Å². The van der Waals surface area contributed by atoms with Crippen molar-refractivity contribution in [2.75, 3.05) is 6.54 Å². The fourth-order valence-corrected chi connectivity index (χ4v) is 1.08. The Morgan fingerprint density at radius 2 is 2.07 bits per heavy atom. The van der Waals surface area contributed by atoms with Crippen LogP contribution in [0.1, 0.15) is 20.3 Å². The Morgan fingerprint density at radius 1 is 1.47 bits per heavy atom. The molecule has 0 aromatic heterocycles. The number of carbonyl (C=O) groups is 2. The van der Waals surface area contributed by atoms with Crippen LogP contribution in [0.2, 0.25) is 0 Å². The number of hydrogen-bond acceptors (Lipinski definition) is 2. The number of carbonyl (C=O) groups excluding carboxylic acids is 1. The number of nitrogens with one attached hydrogen (secondary N) is 2. The number of amides is 2. The average Bonchev–Trinajstić information content (AvgIpc) is 2.13. The SMILES string of the molecule is C=CCCNC(=O)[C@@H](NC(=O)O)C(C)C. The first kappa shape index (κ1) is 13.5. The molecule has 1 atom stereocenters. The lowest BCUT2D eigenvalue weighted by molar-refractivity contribution is -0.123. The molecule has 0 spiro atoms. The second kappa shape index (κ2) is 6.86. The molecule has 0 radical (unpaired) electrons. The van der Waals surface area contributed by atoms with Gasteiger partial charge in [0.2, 0.25) is 5.91 Å². The van der Waals surface area contributed by atoms with Crippen molar-refractivity contribution in [2.45, 2.75) is 26.3 Å². The fraction of sp³-hybridized carbons (Fsp3) is 0.600. The summed E-state index contributed by atoms with van der Waals surface area (Å²) in [4.78, 5) is 22.0. The van der Waals surface area contributed by atoms with Gasteiger partial charge in [0.15, 0.2) is 0 Å². The Labute approximate surface area is 89.6 Å². The molecule has 15 heavy (non-hydrogen) atoms. The van der Waals surface area contributed by atoms with Gasteiger partial charge in [-0.2, -0.15) is 0 Å². The van der Waals surface area contributed by atoms with E-state index in [1.54, 1.807) is 19.9 Å². The van der Waals surface area contributed by atoms with Crippen molar-refractivity contribution >= 4 is 12.0 Å². The summed E-state index contributed by atoms with van der Waals surface area (Å²) in [5, 5.41) is 13.4. The highest BCUT2D eigenvalue weighted by Crippen LogP contribution is 2.01. The molecule has 0 aromatic rings. The lowest BCUT2D eigenvalue weighted by atomic mass is 10.0. The summed E-state index contributed by atoms with van der Waals surface area (Å²) in [6.45, 7) is 7.57. The maximum absolute atomic E-state index is 11.5. The van der Waals surface area contributed by atoms with Gasteiger partial charge in [-0.3, -0.25) is 4.79 Å². The molecule has 0 unspecified atom stereocenters. The Balaban J connectivity index is 4.16. The quantitative estimate of drug-likeness (QED) is 0.455. The summed E-state index contributed by atoms with van der Waals surface area (Å²) in [5.74, 6) is -0.376. The number of carboxylic acid groups (broad SMARTS) is 1. The highest BCUT2D eigenvalue weighted by atomic mass is 16.4. The maximum atomic E-state index is 11.5. The highest BCUT2D eigenvalue weighted by Gasteiger charge is 2.23. The lowest BCUT2D eigenvalue weighted by Crippen LogP contribution is -2.49. The van der Waals surface area contributed by atoms with Crippen LogP contribution in [-0.4, -0.2) is 29.7 Å². The van der Waals surface area contributed by atoms with E-state index in [1.165, 1.54) is 0 Å². The topological polar surface area (TPSA) is 78.4 Å². The predicted molar refractivity (Wildman–Crippen MR) is 57.6 cm³/mol. The highest BCUT2D eigenvalue weighted by molar-refractivity contribution is 5.85. The largest absolute Gasteiger partial charge is 0.465 e. The van der Waals surface area contributed by atoms with E-state index in [1.807, 2.05) is 0 Å². The van der Waals surface area contributed by atoms with Crippen molar-refractivity contribution < 1.29 is 14.7 Å². The zero-order chi connectivity index (χ0) is 11.8. The Morgan fingerprint density at radius 3 is 2.47 bits per heavy atom. The number of hydrogen-bond donors (Lipinski definition) is 3. The van der Waals surface area contributed by atoms with Crippen LogP contribution in [0.4, 0.5) is 4.79 Å². The second-order valence-electron chi connectivity index (χ2n) is 3.54.